The van der Waals surface area contributed by atoms with Gasteiger partial charge in [-0.1, -0.05) is 6.92 Å². The van der Waals surface area contributed by atoms with Crippen LogP contribution in [0.15, 0.2) is 0 Å². The molecule has 0 aliphatic carbocycles. The molecule has 0 aromatic heterocycles. The summed E-state index contributed by atoms with van der Waals surface area (Å²) >= 11 is 0. The van der Waals surface area contributed by atoms with Gasteiger partial charge < -0.3 is 28.7 Å². The van der Waals surface area contributed by atoms with Crippen LogP contribution >= 0.6 is 7.82 Å². The van der Waals surface area contributed by atoms with Crippen LogP contribution in [-0.4, -0.2) is 113 Å². The van der Waals surface area contributed by atoms with Gasteiger partial charge in [0, 0.05) is 72.1 Å². The molecule has 3 amide bonds. The minimum Gasteiger partial charge on any atom is -0.790 e. The fourth-order valence-electron chi connectivity index (χ4n) is 2.23. The van der Waals surface area contributed by atoms with E-state index in [0.717, 1.165) is 0 Å². The van der Waals surface area contributed by atoms with Gasteiger partial charge in [0.05, 0.1) is 26.5 Å². The van der Waals surface area contributed by atoms with Crippen molar-refractivity contribution in [3.8, 4) is 0 Å². The number of ether oxygens (including phenoxy) is 1. The number of imide groups is 1. The van der Waals surface area contributed by atoms with E-state index >= 15 is 0 Å². The van der Waals surface area contributed by atoms with E-state index in [4.69, 9.17) is 4.74 Å². The number of nitrogens with zero attached hydrogens (tertiary/aromatic N) is 1. The Morgan fingerprint density at radius 3 is 2.61 bits per heavy atom. The molecule has 10 nitrogen and oxygen atoms in total. The fraction of sp³-hybridized carbons (Fsp3) is 0.800. The van der Waals surface area contributed by atoms with E-state index < -0.39 is 50.7 Å². The first-order chi connectivity index (χ1) is 9.67. The van der Waals surface area contributed by atoms with Gasteiger partial charge in [-0.2, -0.15) is 0 Å². The molecule has 2 fully saturated rings. The van der Waals surface area contributed by atoms with E-state index in [1.54, 1.807) is 6.92 Å². The van der Waals surface area contributed by atoms with Gasteiger partial charge in [0.2, 0.25) is 5.91 Å². The molecule has 2 radical (unpaired) electrons. The van der Waals surface area contributed by atoms with Gasteiger partial charge in [-0.05, 0) is 0 Å². The standard InChI is InChI=1S/C10H17N2O8P.2Na/c1-5-3-12(10(15)11-9(5)14)8-2-6(13)7(20-8)4-19-21(16,17)18;;/h5-8,13H,2-4H2,1H3,(H,11,14,15)(H2,16,17,18);;/p-2/t5?,6-,7+,8+;;/m0../s1. The van der Waals surface area contributed by atoms with Crippen LogP contribution in [0, 0.1) is 5.92 Å². The number of aliphatic hydroxyl groups excluding tert-OH is 1. The third-order valence-corrected chi connectivity index (χ3v) is 3.82. The first-order valence-electron chi connectivity index (χ1n) is 6.29. The minimum atomic E-state index is -5.16. The number of nitrogens with one attached hydrogen (secondary N) is 1. The molecular formula is C10H15N2Na2O8P-2. The van der Waals surface area contributed by atoms with Gasteiger partial charge in [0.25, 0.3) is 0 Å². The van der Waals surface area contributed by atoms with Crippen molar-refractivity contribution in [3.63, 3.8) is 0 Å². The number of urea groups is 1. The summed E-state index contributed by atoms with van der Waals surface area (Å²) in [6.07, 6.45) is -2.90. The molecule has 0 aromatic rings. The molecule has 2 aliphatic rings. The molecule has 2 N–H and O–H groups in total. The van der Waals surface area contributed by atoms with Crippen LogP contribution in [-0.2, 0) is 18.6 Å². The molecular weight excluding hydrogens is 353 g/mol. The minimum absolute atomic E-state index is 0. The van der Waals surface area contributed by atoms with E-state index in [0.29, 0.717) is 0 Å². The molecule has 2 aliphatic heterocycles. The van der Waals surface area contributed by atoms with E-state index in [1.165, 1.54) is 4.90 Å². The fourth-order valence-corrected chi connectivity index (χ4v) is 2.56. The van der Waals surface area contributed by atoms with Crippen LogP contribution < -0.4 is 15.1 Å². The Balaban J connectivity index is 0.00000242. The first kappa shape index (κ1) is 24.0. The molecule has 23 heavy (non-hydrogen) atoms. The summed E-state index contributed by atoms with van der Waals surface area (Å²) < 4.78 is 19.8. The maximum absolute atomic E-state index is 11.7. The summed E-state index contributed by atoms with van der Waals surface area (Å²) in [4.78, 5) is 45.1. The molecule has 13 heteroatoms. The monoisotopic (exact) mass is 368 g/mol. The summed E-state index contributed by atoms with van der Waals surface area (Å²) in [5.74, 6) is -0.824. The van der Waals surface area contributed by atoms with Crippen LogP contribution in [0.1, 0.15) is 13.3 Å². The van der Waals surface area contributed by atoms with Crippen molar-refractivity contribution in [1.82, 2.24) is 10.2 Å². The van der Waals surface area contributed by atoms with E-state index in [9.17, 15) is 29.0 Å². The van der Waals surface area contributed by atoms with E-state index in [1.807, 2.05) is 0 Å². The van der Waals surface area contributed by atoms with Gasteiger partial charge in [0.1, 0.15) is 12.3 Å². The Hall–Kier alpha value is 0.970. The van der Waals surface area contributed by atoms with Crippen molar-refractivity contribution in [2.45, 2.75) is 31.8 Å². The molecule has 0 spiro atoms. The van der Waals surface area contributed by atoms with Crippen molar-refractivity contribution >= 4 is 78.9 Å². The number of hydrogen-bond donors (Lipinski definition) is 2. The first-order valence-corrected chi connectivity index (χ1v) is 7.75. The van der Waals surface area contributed by atoms with Crippen LogP contribution in [0.4, 0.5) is 4.79 Å². The average molecular weight is 368 g/mol. The van der Waals surface area contributed by atoms with Crippen LogP contribution in [0.5, 0.6) is 0 Å². The zero-order valence-corrected chi connectivity index (χ0v) is 18.0. The number of phosphoric ester groups is 1. The quantitative estimate of drug-likeness (QED) is 0.387. The van der Waals surface area contributed by atoms with Gasteiger partial charge in [-0.25, -0.2) is 4.79 Å². The van der Waals surface area contributed by atoms with Gasteiger partial charge in [-0.3, -0.25) is 15.0 Å². The summed E-state index contributed by atoms with van der Waals surface area (Å²) in [7, 11) is -5.16. The van der Waals surface area contributed by atoms with Crippen molar-refractivity contribution in [2.75, 3.05) is 13.2 Å². The largest absolute Gasteiger partial charge is 0.790 e. The predicted octanol–water partition coefficient (Wildman–Crippen LogP) is -3.27. The number of hydrogen-bond acceptors (Lipinski definition) is 8. The maximum atomic E-state index is 11.7. The van der Waals surface area contributed by atoms with Crippen molar-refractivity contribution in [3.05, 3.63) is 0 Å². The summed E-state index contributed by atoms with van der Waals surface area (Å²) in [5, 5.41) is 11.9. The number of carbonyl (C=O) groups excluding carboxylic acids is 2. The average Bonchev–Trinajstić information content (AvgIpc) is 2.72. The van der Waals surface area contributed by atoms with E-state index in [2.05, 4.69) is 9.84 Å². The summed E-state index contributed by atoms with van der Waals surface area (Å²) in [5.41, 5.74) is 0. The summed E-state index contributed by atoms with van der Waals surface area (Å²) in [6.45, 7) is 1.13. The number of amides is 3. The van der Waals surface area contributed by atoms with E-state index in [-0.39, 0.29) is 72.1 Å². The molecule has 0 saturated carbocycles. The van der Waals surface area contributed by atoms with Crippen molar-refractivity contribution < 1.29 is 38.3 Å². The maximum Gasteiger partial charge on any atom is 0.326 e. The Morgan fingerprint density at radius 2 is 2.04 bits per heavy atom. The Labute approximate surface area is 177 Å². The molecule has 2 rings (SSSR count). The smallest absolute Gasteiger partial charge is 0.326 e. The normalized spacial score (nSPS) is 31.2. The van der Waals surface area contributed by atoms with Crippen molar-refractivity contribution in [2.24, 2.45) is 5.92 Å². The Bertz CT molecular complexity index is 489. The molecule has 4 atom stereocenters. The number of phosphoric acid groups is 1. The Morgan fingerprint density at radius 1 is 1.43 bits per heavy atom. The zero-order chi connectivity index (χ0) is 15.8. The Kier molecular flexibility index (Phi) is 10.0. The van der Waals surface area contributed by atoms with Gasteiger partial charge >= 0.3 is 6.03 Å². The molecule has 0 aromatic carbocycles. The SMILES string of the molecule is CC1CN([C@H]2C[C@H](O)[C@@H](COP(=O)([O-])[O-])O2)C(=O)NC1=O.[Na].[Na]. The van der Waals surface area contributed by atoms with Crippen LogP contribution in [0.25, 0.3) is 0 Å². The second-order valence-electron chi connectivity index (χ2n) is 5.02. The molecule has 2 saturated heterocycles. The summed E-state index contributed by atoms with van der Waals surface area (Å²) in [6, 6.07) is -0.643. The van der Waals surface area contributed by atoms with Crippen LogP contribution in [0.2, 0.25) is 0 Å². The second kappa shape index (κ2) is 9.61. The topological polar surface area (TPSA) is 151 Å². The van der Waals surface area contributed by atoms with Gasteiger partial charge in [0.15, 0.2) is 0 Å². The molecule has 2 heterocycles. The molecule has 0 bridgehead atoms. The zero-order valence-electron chi connectivity index (χ0n) is 13.1. The molecule has 1 unspecified atom stereocenters. The number of carbonyl (C=O) groups is 2. The van der Waals surface area contributed by atoms with Gasteiger partial charge in [-0.15, -0.1) is 0 Å². The third-order valence-electron chi connectivity index (χ3n) is 3.36. The number of rotatable bonds is 4. The van der Waals surface area contributed by atoms with Crippen molar-refractivity contribution in [1.29, 1.82) is 0 Å². The molecule has 122 valence electrons. The third kappa shape index (κ3) is 6.65. The predicted molar refractivity (Wildman–Crippen MR) is 73.8 cm³/mol. The van der Waals surface area contributed by atoms with Crippen LogP contribution in [0.3, 0.4) is 0 Å². The second-order valence-corrected chi connectivity index (χ2v) is 6.18. The number of aliphatic hydroxyl groups is 1.